The fourth-order valence-electron chi connectivity index (χ4n) is 3.44. The molecule has 4 rings (SSSR count). The summed E-state index contributed by atoms with van der Waals surface area (Å²) in [6, 6.07) is 15.7. The van der Waals surface area contributed by atoms with Gasteiger partial charge in [0.2, 0.25) is 0 Å². The van der Waals surface area contributed by atoms with Crippen molar-refractivity contribution in [2.75, 3.05) is 17.7 Å². The van der Waals surface area contributed by atoms with Crippen LogP contribution in [0.25, 0.3) is 33.7 Å². The predicted octanol–water partition coefficient (Wildman–Crippen LogP) is 5.54. The Kier molecular flexibility index (Phi) is 5.79. The Bertz CT molecular complexity index is 1390. The summed E-state index contributed by atoms with van der Waals surface area (Å²) in [5.74, 6) is -1.23. The van der Waals surface area contributed by atoms with Crippen molar-refractivity contribution in [3.05, 3.63) is 64.6 Å². The van der Waals surface area contributed by atoms with E-state index in [2.05, 4.69) is 30.9 Å². The van der Waals surface area contributed by atoms with Crippen LogP contribution in [0.5, 0.6) is 0 Å². The summed E-state index contributed by atoms with van der Waals surface area (Å²) < 4.78 is 39.2. The molecule has 0 unspecified atom stereocenters. The van der Waals surface area contributed by atoms with Crippen LogP contribution < -0.4 is 10.6 Å². The lowest BCUT2D eigenvalue weighted by Gasteiger charge is -2.21. The van der Waals surface area contributed by atoms with E-state index in [4.69, 9.17) is 5.73 Å². The van der Waals surface area contributed by atoms with E-state index >= 15 is 0 Å². The molecule has 2 aromatic carbocycles. The van der Waals surface area contributed by atoms with E-state index in [0.717, 1.165) is 17.1 Å². The second kappa shape index (κ2) is 8.43. The maximum Gasteiger partial charge on any atom is 0.471 e. The van der Waals surface area contributed by atoms with Crippen LogP contribution >= 0.6 is 15.9 Å². The molecule has 0 saturated carbocycles. The van der Waals surface area contributed by atoms with Crippen LogP contribution in [0.1, 0.15) is 5.56 Å². The number of benzene rings is 2. The number of nitrogens with zero attached hydrogens (tertiary/aromatic N) is 4. The number of alkyl halides is 3. The summed E-state index contributed by atoms with van der Waals surface area (Å²) in [5, 5.41) is 0.585. The number of hydrogen-bond donors (Lipinski definition) is 1. The minimum atomic E-state index is -4.95. The van der Waals surface area contributed by atoms with Crippen molar-refractivity contribution >= 4 is 44.4 Å². The average molecular weight is 516 g/mol. The monoisotopic (exact) mass is 515 g/mol. The van der Waals surface area contributed by atoms with Gasteiger partial charge in [-0.2, -0.15) is 13.2 Å². The lowest BCUT2D eigenvalue weighted by atomic mass is 10.1. The summed E-state index contributed by atoms with van der Waals surface area (Å²) in [6.45, 7) is 1.63. The fourth-order valence-corrected chi connectivity index (χ4v) is 3.84. The minimum absolute atomic E-state index is 0.158. The van der Waals surface area contributed by atoms with Gasteiger partial charge in [-0.3, -0.25) is 4.79 Å². The van der Waals surface area contributed by atoms with Gasteiger partial charge < -0.3 is 10.6 Å². The van der Waals surface area contributed by atoms with Gasteiger partial charge in [0.1, 0.15) is 5.82 Å². The van der Waals surface area contributed by atoms with E-state index in [0.29, 0.717) is 38.6 Å². The molecular formula is C23H17BrF3N5O. The highest BCUT2D eigenvalue weighted by molar-refractivity contribution is 9.10. The zero-order valence-corrected chi connectivity index (χ0v) is 19.1. The van der Waals surface area contributed by atoms with Crippen molar-refractivity contribution in [1.82, 2.24) is 15.0 Å². The molecule has 6 nitrogen and oxygen atoms in total. The number of hydrogen-bond acceptors (Lipinski definition) is 5. The van der Waals surface area contributed by atoms with Gasteiger partial charge in [-0.1, -0.05) is 34.1 Å². The first-order valence-corrected chi connectivity index (χ1v) is 10.5. The van der Waals surface area contributed by atoms with Crippen LogP contribution in [-0.4, -0.2) is 34.1 Å². The van der Waals surface area contributed by atoms with E-state index in [9.17, 15) is 18.0 Å². The maximum absolute atomic E-state index is 12.8. The van der Waals surface area contributed by atoms with Gasteiger partial charge in [0.15, 0.2) is 11.5 Å². The Morgan fingerprint density at radius 2 is 1.76 bits per heavy atom. The highest BCUT2D eigenvalue weighted by Gasteiger charge is 2.42. The van der Waals surface area contributed by atoms with Gasteiger partial charge in [0, 0.05) is 28.3 Å². The summed E-state index contributed by atoms with van der Waals surface area (Å²) >= 11 is 3.42. The normalized spacial score (nSPS) is 11.6. The predicted molar refractivity (Wildman–Crippen MR) is 125 cm³/mol. The molecule has 1 amide bonds. The van der Waals surface area contributed by atoms with Gasteiger partial charge >= 0.3 is 12.1 Å². The number of anilines is 2. The largest absolute Gasteiger partial charge is 0.471 e. The first kappa shape index (κ1) is 22.7. The third kappa shape index (κ3) is 4.51. The summed E-state index contributed by atoms with van der Waals surface area (Å²) in [4.78, 5) is 25.7. The van der Waals surface area contributed by atoms with Crippen LogP contribution in [0.4, 0.5) is 24.7 Å². The fraction of sp³-hybridized carbons (Fsp3) is 0.130. The van der Waals surface area contributed by atoms with E-state index in [-0.39, 0.29) is 11.5 Å². The first-order chi connectivity index (χ1) is 15.5. The zero-order chi connectivity index (χ0) is 23.9. The van der Waals surface area contributed by atoms with Crippen LogP contribution in [0, 0.1) is 6.92 Å². The molecule has 0 atom stereocenters. The van der Waals surface area contributed by atoms with Gasteiger partial charge in [-0.05, 0) is 48.9 Å². The van der Waals surface area contributed by atoms with Crippen molar-refractivity contribution in [3.8, 4) is 22.6 Å². The topological polar surface area (TPSA) is 85.0 Å². The third-order valence-electron chi connectivity index (χ3n) is 5.07. The van der Waals surface area contributed by atoms with Crippen molar-refractivity contribution in [3.63, 3.8) is 0 Å². The number of aryl methyl sites for hydroxylation is 1. The number of nitrogen functional groups attached to an aromatic ring is 1. The second-order valence-corrected chi connectivity index (χ2v) is 8.29. The Labute approximate surface area is 195 Å². The molecule has 10 heteroatoms. The second-order valence-electron chi connectivity index (χ2n) is 7.37. The van der Waals surface area contributed by atoms with Gasteiger partial charge in [0.25, 0.3) is 0 Å². The van der Waals surface area contributed by atoms with E-state index in [1.807, 2.05) is 24.3 Å². The molecule has 4 aromatic rings. The molecule has 0 aliphatic rings. The molecule has 2 N–H and O–H groups in total. The van der Waals surface area contributed by atoms with Crippen molar-refractivity contribution in [2.24, 2.45) is 0 Å². The van der Waals surface area contributed by atoms with Crippen LogP contribution in [0.15, 0.2) is 59.1 Å². The number of aromatic nitrogens is 3. The third-order valence-corrected chi connectivity index (χ3v) is 5.57. The molecule has 0 bridgehead atoms. The molecule has 168 valence electrons. The van der Waals surface area contributed by atoms with E-state index < -0.39 is 12.1 Å². The molecular weight excluding hydrogens is 499 g/mol. The minimum Gasteiger partial charge on any atom is -0.383 e. The highest BCUT2D eigenvalue weighted by atomic mass is 79.9. The number of pyridine rings is 1. The van der Waals surface area contributed by atoms with Gasteiger partial charge in [0.05, 0.1) is 11.1 Å². The van der Waals surface area contributed by atoms with Crippen molar-refractivity contribution in [1.29, 1.82) is 0 Å². The summed E-state index contributed by atoms with van der Waals surface area (Å²) in [6.07, 6.45) is -4.95. The number of halogens is 4. The van der Waals surface area contributed by atoms with Crippen LogP contribution in [0.2, 0.25) is 0 Å². The molecule has 33 heavy (non-hydrogen) atoms. The Morgan fingerprint density at radius 3 is 2.42 bits per heavy atom. The first-order valence-electron chi connectivity index (χ1n) is 9.70. The van der Waals surface area contributed by atoms with Gasteiger partial charge in [-0.25, -0.2) is 15.0 Å². The molecule has 0 saturated heterocycles. The SMILES string of the molecule is Cc1cc(-c2ccc3c(N)nc(-c4cccc(Br)c4)nc3n2)ccc1N(C)C(=O)C(F)(F)F. The van der Waals surface area contributed by atoms with Crippen molar-refractivity contribution < 1.29 is 18.0 Å². The number of nitrogens with two attached hydrogens (primary N) is 1. The molecule has 0 aliphatic heterocycles. The molecule has 0 spiro atoms. The lowest BCUT2D eigenvalue weighted by Crippen LogP contribution is -2.38. The highest BCUT2D eigenvalue weighted by Crippen LogP contribution is 2.30. The average Bonchev–Trinajstić information content (AvgIpc) is 2.77. The lowest BCUT2D eigenvalue weighted by molar-refractivity contribution is -0.170. The van der Waals surface area contributed by atoms with Crippen molar-refractivity contribution in [2.45, 2.75) is 13.1 Å². The molecule has 0 fully saturated rings. The quantitative estimate of drug-likeness (QED) is 0.387. The molecule has 2 heterocycles. The Morgan fingerprint density at radius 1 is 1.00 bits per heavy atom. The van der Waals surface area contributed by atoms with Crippen LogP contribution in [0.3, 0.4) is 0 Å². The van der Waals surface area contributed by atoms with E-state index in [1.165, 1.54) is 6.07 Å². The number of carbonyl (C=O) groups excluding carboxylic acids is 1. The maximum atomic E-state index is 12.8. The smallest absolute Gasteiger partial charge is 0.383 e. The molecule has 0 radical (unpaired) electrons. The number of amides is 1. The molecule has 2 aromatic heterocycles. The number of rotatable bonds is 3. The standard InChI is InChI=1S/C23H17BrF3N5O/c1-12-10-13(6-9-18(12)32(2)22(33)23(25,26)27)17-8-7-16-19(28)30-20(31-21(16)29-17)14-4-3-5-15(24)11-14/h3-11H,1-2H3,(H2,28,29,30,31). The zero-order valence-electron chi connectivity index (χ0n) is 17.5. The van der Waals surface area contributed by atoms with E-state index in [1.54, 1.807) is 31.2 Å². The summed E-state index contributed by atoms with van der Waals surface area (Å²) in [5.41, 5.74) is 9.15. The van der Waals surface area contributed by atoms with Gasteiger partial charge in [-0.15, -0.1) is 0 Å². The number of carbonyl (C=O) groups is 1. The molecule has 0 aliphatic carbocycles. The Balaban J connectivity index is 1.74. The van der Waals surface area contributed by atoms with Crippen LogP contribution in [-0.2, 0) is 4.79 Å². The number of fused-ring (bicyclic) bond motifs is 1. The summed E-state index contributed by atoms with van der Waals surface area (Å²) in [7, 11) is 1.09. The Hall–Kier alpha value is -3.53.